The van der Waals surface area contributed by atoms with Crippen molar-refractivity contribution < 1.29 is 4.74 Å². The minimum Gasteiger partial charge on any atom is -0.496 e. The molecule has 3 N–H and O–H groups in total. The smallest absolute Gasteiger partial charge is 0.194 e. The number of aliphatic imine (C=N–C) groups is 1. The van der Waals surface area contributed by atoms with E-state index in [9.17, 15) is 0 Å². The van der Waals surface area contributed by atoms with Gasteiger partial charge in [-0.2, -0.15) is 0 Å². The molecule has 1 heterocycles. The lowest BCUT2D eigenvalue weighted by atomic mass is 10.1. The zero-order chi connectivity index (χ0) is 15.2. The molecule has 0 saturated carbocycles. The predicted molar refractivity (Wildman–Crippen MR) is 93.6 cm³/mol. The van der Waals surface area contributed by atoms with Crippen LogP contribution in [-0.4, -0.2) is 18.1 Å². The van der Waals surface area contributed by atoms with E-state index in [4.69, 9.17) is 10.5 Å². The fourth-order valence-corrected chi connectivity index (χ4v) is 2.17. The van der Waals surface area contributed by atoms with E-state index in [1.165, 1.54) is 0 Å². The van der Waals surface area contributed by atoms with E-state index in [2.05, 4.69) is 37.9 Å². The van der Waals surface area contributed by atoms with Crippen LogP contribution >= 0.6 is 22.6 Å². The second-order valence-electron chi connectivity index (χ2n) is 4.44. The van der Waals surface area contributed by atoms with Crippen LogP contribution in [0.15, 0.2) is 41.5 Å². The highest BCUT2D eigenvalue weighted by molar-refractivity contribution is 14.1. The van der Waals surface area contributed by atoms with Crippen LogP contribution in [0.5, 0.6) is 5.75 Å². The molecule has 1 aromatic carbocycles. The van der Waals surface area contributed by atoms with Crippen molar-refractivity contribution in [2.24, 2.45) is 10.7 Å². The number of guanidine groups is 1. The maximum absolute atomic E-state index is 5.89. The molecule has 1 aromatic heterocycles. The van der Waals surface area contributed by atoms with Crippen LogP contribution < -0.4 is 15.8 Å². The summed E-state index contributed by atoms with van der Waals surface area (Å²) in [5.41, 5.74) is 8.04. The van der Waals surface area contributed by atoms with Crippen molar-refractivity contribution in [2.75, 3.05) is 12.4 Å². The number of hydrogen-bond donors (Lipinski definition) is 2. The van der Waals surface area contributed by atoms with E-state index in [1.807, 2.05) is 37.3 Å². The van der Waals surface area contributed by atoms with E-state index in [0.29, 0.717) is 18.3 Å². The van der Waals surface area contributed by atoms with Gasteiger partial charge in [-0.3, -0.25) is 0 Å². The Labute approximate surface area is 137 Å². The quantitative estimate of drug-likeness (QED) is 0.474. The van der Waals surface area contributed by atoms with Crippen LogP contribution in [0.1, 0.15) is 11.1 Å². The number of ether oxygens (including phenoxy) is 1. The summed E-state index contributed by atoms with van der Waals surface area (Å²) in [5.74, 6) is 1.82. The highest BCUT2D eigenvalue weighted by Gasteiger charge is 2.05. The number of aromatic nitrogens is 1. The van der Waals surface area contributed by atoms with Crippen LogP contribution in [0.4, 0.5) is 5.82 Å². The van der Waals surface area contributed by atoms with Crippen molar-refractivity contribution in [1.29, 1.82) is 0 Å². The van der Waals surface area contributed by atoms with Gasteiger partial charge in [0.05, 0.1) is 13.7 Å². The van der Waals surface area contributed by atoms with E-state index in [1.54, 1.807) is 13.3 Å². The van der Waals surface area contributed by atoms with Crippen LogP contribution in [0.2, 0.25) is 0 Å². The second-order valence-corrected chi connectivity index (χ2v) is 5.69. The van der Waals surface area contributed by atoms with Gasteiger partial charge in [-0.25, -0.2) is 9.98 Å². The summed E-state index contributed by atoms with van der Waals surface area (Å²) in [6.45, 7) is 2.48. The summed E-state index contributed by atoms with van der Waals surface area (Å²) < 4.78 is 6.41. The number of aryl methyl sites for hydroxylation is 1. The van der Waals surface area contributed by atoms with Crippen molar-refractivity contribution >= 4 is 34.4 Å². The fourth-order valence-electron chi connectivity index (χ4n) is 1.85. The lowest BCUT2D eigenvalue weighted by molar-refractivity contribution is 0.409. The average Bonchev–Trinajstić information content (AvgIpc) is 2.48. The third-order valence-electron chi connectivity index (χ3n) is 2.98. The van der Waals surface area contributed by atoms with Crippen molar-refractivity contribution in [3.63, 3.8) is 0 Å². The molecule has 0 spiro atoms. The molecule has 0 radical (unpaired) electrons. The van der Waals surface area contributed by atoms with Crippen molar-refractivity contribution in [3.05, 3.63) is 51.2 Å². The number of nitrogens with one attached hydrogen (secondary N) is 1. The number of halogens is 1. The number of anilines is 1. The van der Waals surface area contributed by atoms with E-state index < -0.39 is 0 Å². The monoisotopic (exact) mass is 396 g/mol. The Kier molecular flexibility index (Phi) is 5.38. The molecule has 0 fully saturated rings. The number of hydrogen-bond acceptors (Lipinski definition) is 3. The van der Waals surface area contributed by atoms with E-state index >= 15 is 0 Å². The van der Waals surface area contributed by atoms with Gasteiger partial charge in [0, 0.05) is 15.3 Å². The van der Waals surface area contributed by atoms with Gasteiger partial charge in [-0.1, -0.05) is 12.1 Å². The molecule has 0 unspecified atom stereocenters. The molecule has 2 rings (SSSR count). The van der Waals surface area contributed by atoms with Gasteiger partial charge in [-0.05, 0) is 53.3 Å². The van der Waals surface area contributed by atoms with Crippen LogP contribution in [0.3, 0.4) is 0 Å². The minimum absolute atomic E-state index is 0.328. The van der Waals surface area contributed by atoms with Crippen LogP contribution in [0.25, 0.3) is 0 Å². The van der Waals surface area contributed by atoms with E-state index in [-0.39, 0.29) is 0 Å². The first-order valence-corrected chi connectivity index (χ1v) is 7.49. The molecular formula is C15H17IN4O. The summed E-state index contributed by atoms with van der Waals surface area (Å²) in [5, 5.41) is 2.97. The summed E-state index contributed by atoms with van der Waals surface area (Å²) in [6, 6.07) is 9.71. The number of rotatable bonds is 4. The molecule has 6 heteroatoms. The molecule has 0 bridgehead atoms. The minimum atomic E-state index is 0.328. The highest BCUT2D eigenvalue weighted by Crippen LogP contribution is 2.22. The number of methoxy groups -OCH3 is 1. The average molecular weight is 396 g/mol. The van der Waals surface area contributed by atoms with Gasteiger partial charge in [0.15, 0.2) is 5.96 Å². The fraction of sp³-hybridized carbons (Fsp3) is 0.200. The zero-order valence-electron chi connectivity index (χ0n) is 11.9. The third kappa shape index (κ3) is 4.32. The number of pyridine rings is 1. The predicted octanol–water partition coefficient (Wildman–Crippen LogP) is 2.93. The Hall–Kier alpha value is -1.83. The lowest BCUT2D eigenvalue weighted by Crippen LogP contribution is -2.23. The number of nitrogens with two attached hydrogens (primary N) is 1. The molecule has 0 aliphatic heterocycles. The van der Waals surface area contributed by atoms with Gasteiger partial charge in [-0.15, -0.1) is 0 Å². The van der Waals surface area contributed by atoms with Crippen LogP contribution in [-0.2, 0) is 6.54 Å². The normalized spacial score (nSPS) is 11.3. The number of benzene rings is 1. The summed E-state index contributed by atoms with van der Waals surface area (Å²) in [4.78, 5) is 8.56. The molecule has 21 heavy (non-hydrogen) atoms. The molecule has 0 atom stereocenters. The second kappa shape index (κ2) is 7.26. The number of nitrogens with zero attached hydrogens (tertiary/aromatic N) is 2. The lowest BCUT2D eigenvalue weighted by Gasteiger charge is -2.10. The third-order valence-corrected chi connectivity index (χ3v) is 3.62. The summed E-state index contributed by atoms with van der Waals surface area (Å²) in [7, 11) is 1.65. The molecule has 2 aromatic rings. The standard InChI is InChI=1S/C15H17IN4O/c1-10-4-3-5-13(21-2)12(10)9-19-15(17)20-14-7-6-11(16)8-18-14/h3-8H,9H2,1-2H3,(H3,17,18,19,20). The maximum atomic E-state index is 5.89. The molecule has 110 valence electrons. The maximum Gasteiger partial charge on any atom is 0.194 e. The van der Waals surface area contributed by atoms with Gasteiger partial charge in [0.25, 0.3) is 0 Å². The molecule has 0 aliphatic rings. The highest BCUT2D eigenvalue weighted by atomic mass is 127. The Bertz CT molecular complexity index is 641. The Balaban J connectivity index is 2.08. The first kappa shape index (κ1) is 15.6. The summed E-state index contributed by atoms with van der Waals surface area (Å²) >= 11 is 2.20. The largest absolute Gasteiger partial charge is 0.496 e. The Morgan fingerprint density at radius 2 is 2.19 bits per heavy atom. The van der Waals surface area contributed by atoms with Gasteiger partial charge >= 0.3 is 0 Å². The Morgan fingerprint density at radius 3 is 2.86 bits per heavy atom. The molecule has 5 nitrogen and oxygen atoms in total. The topological polar surface area (TPSA) is 72.5 Å². The first-order valence-electron chi connectivity index (χ1n) is 6.41. The zero-order valence-corrected chi connectivity index (χ0v) is 14.1. The van der Waals surface area contributed by atoms with Crippen molar-refractivity contribution in [3.8, 4) is 5.75 Å². The van der Waals surface area contributed by atoms with E-state index in [0.717, 1.165) is 20.4 Å². The van der Waals surface area contributed by atoms with Crippen LogP contribution in [0, 0.1) is 10.5 Å². The van der Waals surface area contributed by atoms with Crippen molar-refractivity contribution in [1.82, 2.24) is 4.98 Å². The SMILES string of the molecule is COc1cccc(C)c1CN=C(N)Nc1ccc(I)cn1. The molecule has 0 saturated heterocycles. The molecule has 0 amide bonds. The first-order chi connectivity index (χ1) is 10.1. The molecule has 0 aliphatic carbocycles. The van der Waals surface area contributed by atoms with Gasteiger partial charge in [0.2, 0.25) is 0 Å². The summed E-state index contributed by atoms with van der Waals surface area (Å²) in [6.07, 6.45) is 1.76. The molecular weight excluding hydrogens is 379 g/mol. The van der Waals surface area contributed by atoms with Gasteiger partial charge in [0.1, 0.15) is 11.6 Å². The van der Waals surface area contributed by atoms with Crippen molar-refractivity contribution in [2.45, 2.75) is 13.5 Å². The Morgan fingerprint density at radius 1 is 1.38 bits per heavy atom. The van der Waals surface area contributed by atoms with Gasteiger partial charge < -0.3 is 15.8 Å².